The van der Waals surface area contributed by atoms with Crippen LogP contribution in [0.3, 0.4) is 0 Å². The number of hydrogen-bond acceptors (Lipinski definition) is 3. The number of para-hydroxylation sites is 1. The lowest BCUT2D eigenvalue weighted by Crippen LogP contribution is -2.17. The van der Waals surface area contributed by atoms with E-state index in [1.54, 1.807) is 7.11 Å². The van der Waals surface area contributed by atoms with Crippen LogP contribution in [0, 0.1) is 5.92 Å². The van der Waals surface area contributed by atoms with Gasteiger partial charge in [0.15, 0.2) is 0 Å². The van der Waals surface area contributed by atoms with Crippen molar-refractivity contribution in [2.45, 2.75) is 25.7 Å². The second kappa shape index (κ2) is 7.71. The van der Waals surface area contributed by atoms with Gasteiger partial charge in [-0.05, 0) is 37.4 Å². The molecular formula is C14H21NO3. The maximum atomic E-state index is 11.2. The minimum absolute atomic E-state index is 0.368. The Balaban J connectivity index is 2.67. The molecule has 0 saturated heterocycles. The highest BCUT2D eigenvalue weighted by atomic mass is 16.5. The highest BCUT2D eigenvalue weighted by Gasteiger charge is 2.19. The fraction of sp³-hybridized carbons (Fsp3) is 0.500. The molecule has 1 unspecified atom stereocenters. The van der Waals surface area contributed by atoms with E-state index in [1.165, 1.54) is 0 Å². The van der Waals surface area contributed by atoms with Crippen LogP contribution in [0.2, 0.25) is 0 Å². The smallest absolute Gasteiger partial charge is 0.306 e. The van der Waals surface area contributed by atoms with E-state index in [4.69, 9.17) is 10.5 Å². The number of carboxylic acid groups (broad SMARTS) is 1. The molecule has 100 valence electrons. The van der Waals surface area contributed by atoms with Gasteiger partial charge in [0.25, 0.3) is 0 Å². The van der Waals surface area contributed by atoms with Crippen molar-refractivity contribution >= 4 is 5.97 Å². The molecule has 0 fully saturated rings. The van der Waals surface area contributed by atoms with Gasteiger partial charge in [-0.2, -0.15) is 0 Å². The van der Waals surface area contributed by atoms with Gasteiger partial charge in [0, 0.05) is 0 Å². The van der Waals surface area contributed by atoms with Crippen LogP contribution in [0.15, 0.2) is 24.3 Å². The monoisotopic (exact) mass is 251 g/mol. The number of benzene rings is 1. The molecule has 0 aromatic heterocycles. The Labute approximate surface area is 108 Å². The number of hydrogen-bond donors (Lipinski definition) is 2. The molecule has 1 atom stereocenters. The van der Waals surface area contributed by atoms with Crippen molar-refractivity contribution in [2.75, 3.05) is 13.7 Å². The summed E-state index contributed by atoms with van der Waals surface area (Å²) in [6.07, 6.45) is 2.88. The summed E-state index contributed by atoms with van der Waals surface area (Å²) < 4.78 is 5.24. The molecule has 4 nitrogen and oxygen atoms in total. The lowest BCUT2D eigenvalue weighted by molar-refractivity contribution is -0.142. The lowest BCUT2D eigenvalue weighted by Gasteiger charge is -2.14. The highest BCUT2D eigenvalue weighted by Crippen LogP contribution is 2.23. The first kappa shape index (κ1) is 14.5. The van der Waals surface area contributed by atoms with E-state index in [9.17, 15) is 9.90 Å². The summed E-state index contributed by atoms with van der Waals surface area (Å²) >= 11 is 0. The van der Waals surface area contributed by atoms with Gasteiger partial charge in [-0.3, -0.25) is 4.79 Å². The third-order valence-corrected chi connectivity index (χ3v) is 3.01. The van der Waals surface area contributed by atoms with Crippen LogP contribution in [0.4, 0.5) is 0 Å². The van der Waals surface area contributed by atoms with E-state index in [0.717, 1.165) is 24.2 Å². The van der Waals surface area contributed by atoms with Crippen LogP contribution in [0.25, 0.3) is 0 Å². The van der Waals surface area contributed by atoms with Crippen LogP contribution >= 0.6 is 0 Å². The fourth-order valence-electron chi connectivity index (χ4n) is 1.98. The number of carbonyl (C=O) groups is 1. The third kappa shape index (κ3) is 4.37. The maximum Gasteiger partial charge on any atom is 0.306 e. The summed E-state index contributed by atoms with van der Waals surface area (Å²) in [5.41, 5.74) is 6.37. The van der Waals surface area contributed by atoms with Crippen LogP contribution < -0.4 is 10.5 Å². The topological polar surface area (TPSA) is 72.5 Å². The first-order chi connectivity index (χ1) is 8.69. The van der Waals surface area contributed by atoms with Crippen LogP contribution in [-0.2, 0) is 11.2 Å². The molecule has 3 N–H and O–H groups in total. The second-order valence-corrected chi connectivity index (χ2v) is 4.34. The number of rotatable bonds is 8. The standard InChI is InChI=1S/C14H21NO3/c1-18-13-8-3-2-6-11(13)10-12(14(16)17)7-4-5-9-15/h2-3,6,8,12H,4-5,7,9-10,15H2,1H3,(H,16,17). The molecule has 18 heavy (non-hydrogen) atoms. The summed E-state index contributed by atoms with van der Waals surface area (Å²) in [6, 6.07) is 7.55. The van der Waals surface area contributed by atoms with Crippen molar-refractivity contribution in [1.29, 1.82) is 0 Å². The average Bonchev–Trinajstić information content (AvgIpc) is 2.38. The Bertz CT molecular complexity index is 379. The molecule has 1 aromatic carbocycles. The number of ether oxygens (including phenoxy) is 1. The van der Waals surface area contributed by atoms with E-state index < -0.39 is 5.97 Å². The van der Waals surface area contributed by atoms with Crippen LogP contribution in [0.5, 0.6) is 5.75 Å². The molecule has 0 amide bonds. The van der Waals surface area contributed by atoms with Gasteiger partial charge >= 0.3 is 5.97 Å². The second-order valence-electron chi connectivity index (χ2n) is 4.34. The van der Waals surface area contributed by atoms with E-state index in [2.05, 4.69) is 0 Å². The van der Waals surface area contributed by atoms with Gasteiger partial charge in [0.2, 0.25) is 0 Å². The highest BCUT2D eigenvalue weighted by molar-refractivity contribution is 5.70. The van der Waals surface area contributed by atoms with E-state index in [0.29, 0.717) is 19.4 Å². The fourth-order valence-corrected chi connectivity index (χ4v) is 1.98. The molecule has 0 spiro atoms. The van der Waals surface area contributed by atoms with E-state index >= 15 is 0 Å². The zero-order chi connectivity index (χ0) is 13.4. The first-order valence-electron chi connectivity index (χ1n) is 6.23. The van der Waals surface area contributed by atoms with Crippen molar-refractivity contribution < 1.29 is 14.6 Å². The first-order valence-corrected chi connectivity index (χ1v) is 6.23. The summed E-state index contributed by atoms with van der Waals surface area (Å²) in [5, 5.41) is 9.23. The van der Waals surface area contributed by atoms with E-state index in [1.807, 2.05) is 24.3 Å². The molecule has 4 heteroatoms. The molecule has 1 aromatic rings. The van der Waals surface area contributed by atoms with Crippen molar-refractivity contribution in [2.24, 2.45) is 11.7 Å². The Hall–Kier alpha value is -1.55. The SMILES string of the molecule is COc1ccccc1CC(CCCCN)C(=O)O. The zero-order valence-corrected chi connectivity index (χ0v) is 10.8. The molecule has 0 radical (unpaired) electrons. The minimum atomic E-state index is -0.752. The van der Waals surface area contributed by atoms with Crippen molar-refractivity contribution in [3.63, 3.8) is 0 Å². The van der Waals surface area contributed by atoms with Crippen molar-refractivity contribution in [3.8, 4) is 5.75 Å². The predicted octanol–water partition coefficient (Wildman–Crippen LogP) is 2.07. The van der Waals surface area contributed by atoms with Gasteiger partial charge in [-0.25, -0.2) is 0 Å². The van der Waals surface area contributed by atoms with Gasteiger partial charge < -0.3 is 15.6 Å². The normalized spacial score (nSPS) is 12.1. The number of aliphatic carboxylic acids is 1. The predicted molar refractivity (Wildman–Crippen MR) is 70.7 cm³/mol. The summed E-state index contributed by atoms with van der Waals surface area (Å²) in [6.45, 7) is 0.612. The lowest BCUT2D eigenvalue weighted by atomic mass is 9.93. The number of methoxy groups -OCH3 is 1. The molecular weight excluding hydrogens is 230 g/mol. The summed E-state index contributed by atoms with van der Waals surface area (Å²) in [4.78, 5) is 11.2. The van der Waals surface area contributed by atoms with Crippen LogP contribution in [0.1, 0.15) is 24.8 Å². The molecule has 0 aliphatic carbocycles. The van der Waals surface area contributed by atoms with Crippen molar-refractivity contribution in [3.05, 3.63) is 29.8 Å². The molecule has 0 bridgehead atoms. The molecule has 0 heterocycles. The summed E-state index contributed by atoms with van der Waals surface area (Å²) in [5.74, 6) is -0.367. The number of carboxylic acids is 1. The Kier molecular flexibility index (Phi) is 6.22. The molecule has 0 saturated carbocycles. The quantitative estimate of drug-likeness (QED) is 0.694. The van der Waals surface area contributed by atoms with Gasteiger partial charge in [0.05, 0.1) is 13.0 Å². The van der Waals surface area contributed by atoms with Gasteiger partial charge in [-0.15, -0.1) is 0 Å². The largest absolute Gasteiger partial charge is 0.496 e. The zero-order valence-electron chi connectivity index (χ0n) is 10.8. The molecule has 0 aliphatic rings. The third-order valence-electron chi connectivity index (χ3n) is 3.01. The van der Waals surface area contributed by atoms with Crippen LogP contribution in [-0.4, -0.2) is 24.7 Å². The Morgan fingerprint density at radius 3 is 2.72 bits per heavy atom. The van der Waals surface area contributed by atoms with Gasteiger partial charge in [0.1, 0.15) is 5.75 Å². The van der Waals surface area contributed by atoms with Gasteiger partial charge in [-0.1, -0.05) is 24.6 Å². The Morgan fingerprint density at radius 2 is 2.11 bits per heavy atom. The minimum Gasteiger partial charge on any atom is -0.496 e. The van der Waals surface area contributed by atoms with E-state index in [-0.39, 0.29) is 5.92 Å². The number of nitrogens with two attached hydrogens (primary N) is 1. The average molecular weight is 251 g/mol. The maximum absolute atomic E-state index is 11.2. The molecule has 0 aliphatic heterocycles. The Morgan fingerprint density at radius 1 is 1.39 bits per heavy atom. The summed E-state index contributed by atoms with van der Waals surface area (Å²) in [7, 11) is 1.60. The number of unbranched alkanes of at least 4 members (excludes halogenated alkanes) is 1. The van der Waals surface area contributed by atoms with Crippen molar-refractivity contribution in [1.82, 2.24) is 0 Å². The molecule has 1 rings (SSSR count).